The SMILES string of the molecule is CN1C(=O)C(=O)[SH]c2cc(C(=O)OCc3ccccc3)ccc21. The molecule has 0 unspecified atom stereocenters. The first kappa shape index (κ1) is 15.3. The molecular weight excluding hydrogens is 314 g/mol. The lowest BCUT2D eigenvalue weighted by atomic mass is 10.2. The first-order valence-corrected chi connectivity index (χ1v) is 7.84. The third-order valence-electron chi connectivity index (χ3n) is 3.49. The number of carbonyl (C=O) groups is 3. The van der Waals surface area contributed by atoms with Gasteiger partial charge in [-0.3, -0.25) is 9.59 Å². The van der Waals surface area contributed by atoms with E-state index in [0.29, 0.717) is 16.1 Å². The van der Waals surface area contributed by atoms with Gasteiger partial charge in [0.15, 0.2) is 0 Å². The van der Waals surface area contributed by atoms with Crippen LogP contribution in [0.25, 0.3) is 0 Å². The zero-order valence-electron chi connectivity index (χ0n) is 12.4. The van der Waals surface area contributed by atoms with Crippen molar-refractivity contribution in [3.05, 3.63) is 59.7 Å². The van der Waals surface area contributed by atoms with Crippen LogP contribution in [0.4, 0.5) is 5.69 Å². The van der Waals surface area contributed by atoms with E-state index >= 15 is 0 Å². The predicted molar refractivity (Wildman–Crippen MR) is 87.7 cm³/mol. The fraction of sp³-hybridized carbons (Fsp3) is 0.118. The third kappa shape index (κ3) is 3.12. The van der Waals surface area contributed by atoms with E-state index in [9.17, 15) is 14.4 Å². The van der Waals surface area contributed by atoms with Crippen LogP contribution in [0.3, 0.4) is 0 Å². The Balaban J connectivity index is 1.76. The minimum Gasteiger partial charge on any atom is -0.457 e. The summed E-state index contributed by atoms with van der Waals surface area (Å²) in [5.74, 6) is -1.00. The standard InChI is InChI=1S/C17H14NO4S/c1-18-13-8-7-12(9-14(13)23-17(21)15(18)19)16(20)22-10-11-5-3-2-4-6-11/h2-9,23H,10H2,1H3. The molecule has 0 N–H and O–H groups in total. The van der Waals surface area contributed by atoms with Gasteiger partial charge in [-0.05, 0) is 23.8 Å². The van der Waals surface area contributed by atoms with Crippen LogP contribution in [0.15, 0.2) is 53.4 Å². The normalized spacial score (nSPS) is 13.7. The third-order valence-corrected chi connectivity index (χ3v) is 4.49. The first-order valence-electron chi connectivity index (χ1n) is 6.95. The van der Waals surface area contributed by atoms with Crippen LogP contribution in [0.1, 0.15) is 15.9 Å². The lowest BCUT2D eigenvalue weighted by molar-refractivity contribution is -0.131. The molecule has 0 saturated carbocycles. The molecule has 3 rings (SSSR count). The largest absolute Gasteiger partial charge is 0.457 e. The molecule has 2 aromatic carbocycles. The topological polar surface area (TPSA) is 63.7 Å². The highest BCUT2D eigenvalue weighted by Crippen LogP contribution is 2.36. The number of carbonyl (C=O) groups excluding carboxylic acids is 3. The molecule has 6 heteroatoms. The van der Waals surface area contributed by atoms with Gasteiger partial charge in [0, 0.05) is 11.9 Å². The molecule has 1 amide bonds. The monoisotopic (exact) mass is 328 g/mol. The molecule has 23 heavy (non-hydrogen) atoms. The molecule has 1 aliphatic heterocycles. The maximum Gasteiger partial charge on any atom is 0.338 e. The summed E-state index contributed by atoms with van der Waals surface area (Å²) in [7, 11) is 1.54. The molecule has 1 aliphatic rings. The van der Waals surface area contributed by atoms with Crippen LogP contribution < -0.4 is 4.90 Å². The van der Waals surface area contributed by atoms with Gasteiger partial charge in [0.25, 0.3) is 5.12 Å². The van der Waals surface area contributed by atoms with Crippen molar-refractivity contribution in [2.75, 3.05) is 11.9 Å². The average molecular weight is 328 g/mol. The summed E-state index contributed by atoms with van der Waals surface area (Å²) < 4.78 is 5.27. The van der Waals surface area contributed by atoms with Crippen LogP contribution in [0.5, 0.6) is 0 Å². The Morgan fingerprint density at radius 1 is 1.13 bits per heavy atom. The molecule has 2 aromatic rings. The van der Waals surface area contributed by atoms with Crippen molar-refractivity contribution in [2.45, 2.75) is 11.5 Å². The second-order valence-corrected chi connectivity index (χ2v) is 6.16. The van der Waals surface area contributed by atoms with Crippen LogP contribution in [-0.4, -0.2) is 24.0 Å². The van der Waals surface area contributed by atoms with Crippen molar-refractivity contribution in [1.29, 1.82) is 0 Å². The van der Waals surface area contributed by atoms with E-state index in [1.165, 1.54) is 4.90 Å². The molecule has 0 saturated heterocycles. The molecule has 0 aromatic heterocycles. The highest BCUT2D eigenvalue weighted by atomic mass is 32.2. The van der Waals surface area contributed by atoms with Crippen molar-refractivity contribution < 1.29 is 19.1 Å². The number of hydrogen-bond acceptors (Lipinski definition) is 4. The van der Waals surface area contributed by atoms with Crippen molar-refractivity contribution in [1.82, 2.24) is 0 Å². The number of rotatable bonds is 3. The molecule has 5 nitrogen and oxygen atoms in total. The van der Waals surface area contributed by atoms with Gasteiger partial charge in [-0.15, -0.1) is 11.8 Å². The highest BCUT2D eigenvalue weighted by Gasteiger charge is 2.29. The lowest BCUT2D eigenvalue weighted by Gasteiger charge is -2.24. The van der Waals surface area contributed by atoms with E-state index in [-0.39, 0.29) is 18.4 Å². The molecular formula is C17H14NO4S. The number of thiol groups is 1. The van der Waals surface area contributed by atoms with Gasteiger partial charge in [-0.1, -0.05) is 30.3 Å². The van der Waals surface area contributed by atoms with Crippen LogP contribution in [0.2, 0.25) is 0 Å². The molecule has 0 atom stereocenters. The molecule has 1 radical (unpaired) electrons. The van der Waals surface area contributed by atoms with Gasteiger partial charge in [-0.25, -0.2) is 4.79 Å². The Bertz CT molecular complexity index is 788. The predicted octanol–water partition coefficient (Wildman–Crippen LogP) is 2.37. The summed E-state index contributed by atoms with van der Waals surface area (Å²) in [6.07, 6.45) is 0. The lowest BCUT2D eigenvalue weighted by Crippen LogP contribution is -2.35. The molecule has 0 aliphatic carbocycles. The summed E-state index contributed by atoms with van der Waals surface area (Å²) in [5.41, 5.74) is 1.90. The van der Waals surface area contributed by atoms with E-state index in [2.05, 4.69) is 0 Å². The second-order valence-electron chi connectivity index (χ2n) is 5.05. The Hall–Kier alpha value is -2.60. The zero-order valence-corrected chi connectivity index (χ0v) is 13.2. The summed E-state index contributed by atoms with van der Waals surface area (Å²) in [6.45, 7) is 0.186. The van der Waals surface area contributed by atoms with Crippen LogP contribution in [-0.2, 0) is 20.9 Å². The van der Waals surface area contributed by atoms with E-state index in [0.717, 1.165) is 5.56 Å². The summed E-state index contributed by atoms with van der Waals surface area (Å²) in [5, 5.41) is -0.505. The Morgan fingerprint density at radius 2 is 1.87 bits per heavy atom. The second kappa shape index (κ2) is 6.26. The molecule has 117 valence electrons. The smallest absolute Gasteiger partial charge is 0.338 e. The maximum atomic E-state index is 12.1. The Morgan fingerprint density at radius 3 is 2.61 bits per heavy atom. The van der Waals surface area contributed by atoms with Gasteiger partial charge >= 0.3 is 11.9 Å². The number of anilines is 1. The number of fused-ring (bicyclic) bond motifs is 1. The number of likely N-dealkylation sites (N-methyl/N-ethyl adjacent to an activating group) is 1. The molecule has 0 fully saturated rings. The van der Waals surface area contributed by atoms with E-state index in [1.807, 2.05) is 30.3 Å². The zero-order chi connectivity index (χ0) is 16.4. The maximum absolute atomic E-state index is 12.1. The average Bonchev–Trinajstić information content (AvgIpc) is 2.58. The molecule has 0 bridgehead atoms. The number of amides is 1. The number of nitrogens with zero attached hydrogens (tertiary/aromatic N) is 1. The van der Waals surface area contributed by atoms with Crippen LogP contribution >= 0.6 is 11.8 Å². The number of hydrogen-bond donors (Lipinski definition) is 1. The fourth-order valence-corrected chi connectivity index (χ4v) is 3.25. The van der Waals surface area contributed by atoms with Crippen molar-refractivity contribution >= 4 is 34.4 Å². The van der Waals surface area contributed by atoms with Gasteiger partial charge in [0.1, 0.15) is 6.61 Å². The Labute approximate surface area is 137 Å². The van der Waals surface area contributed by atoms with E-state index < -0.39 is 17.0 Å². The quantitative estimate of drug-likeness (QED) is 0.534. The number of benzene rings is 2. The van der Waals surface area contributed by atoms with E-state index in [1.54, 1.807) is 25.2 Å². The van der Waals surface area contributed by atoms with Crippen LogP contribution in [0, 0.1) is 0 Å². The highest BCUT2D eigenvalue weighted by molar-refractivity contribution is 8.15. The summed E-state index contributed by atoms with van der Waals surface area (Å²) >= 11 is 0.285. The van der Waals surface area contributed by atoms with Gasteiger partial charge in [0.2, 0.25) is 0 Å². The fourth-order valence-electron chi connectivity index (χ4n) is 2.24. The van der Waals surface area contributed by atoms with Crippen molar-refractivity contribution in [3.8, 4) is 0 Å². The van der Waals surface area contributed by atoms with E-state index in [4.69, 9.17) is 4.74 Å². The van der Waals surface area contributed by atoms with Gasteiger partial charge in [0.05, 0.1) is 11.3 Å². The minimum atomic E-state index is -0.543. The van der Waals surface area contributed by atoms with Crippen molar-refractivity contribution in [3.63, 3.8) is 0 Å². The first-order chi connectivity index (χ1) is 11.1. The van der Waals surface area contributed by atoms with Crippen molar-refractivity contribution in [2.24, 2.45) is 0 Å². The van der Waals surface area contributed by atoms with Gasteiger partial charge in [-0.2, -0.15) is 0 Å². The summed E-state index contributed by atoms with van der Waals surface area (Å²) in [6, 6.07) is 14.2. The molecule has 1 heterocycles. The molecule has 0 spiro atoms. The number of ether oxygens (including phenoxy) is 1. The Kier molecular flexibility index (Phi) is 4.16. The summed E-state index contributed by atoms with van der Waals surface area (Å²) in [4.78, 5) is 37.4. The minimum absolute atomic E-state index is 0.186. The number of esters is 1. The van der Waals surface area contributed by atoms with Gasteiger partial charge < -0.3 is 9.64 Å².